The van der Waals surface area contributed by atoms with Crippen LogP contribution in [-0.2, 0) is 28.9 Å². The zero-order valence-electron chi connectivity index (χ0n) is 18.9. The van der Waals surface area contributed by atoms with Crippen LogP contribution in [0, 0.1) is 17.8 Å². The molecule has 4 unspecified atom stereocenters. The van der Waals surface area contributed by atoms with Gasteiger partial charge in [0.15, 0.2) is 5.69 Å². The van der Waals surface area contributed by atoms with Crippen molar-refractivity contribution in [2.75, 3.05) is 6.61 Å². The van der Waals surface area contributed by atoms with Gasteiger partial charge in [-0.15, -0.1) is 0 Å². The number of hydrogen-bond donors (Lipinski definition) is 1. The number of aromatic nitrogens is 2. The number of nitrogens with one attached hydrogen (secondary N) is 1. The molecule has 2 fully saturated rings. The molecule has 3 aliphatic carbocycles. The molecule has 0 saturated heterocycles. The Labute approximate surface area is 189 Å². The Balaban J connectivity index is 1.41. The summed E-state index contributed by atoms with van der Waals surface area (Å²) in [4.78, 5) is 26.2. The van der Waals surface area contributed by atoms with Crippen LogP contribution in [0.15, 0.2) is 30.3 Å². The summed E-state index contributed by atoms with van der Waals surface area (Å²) in [5.74, 6) is 0.198. The van der Waals surface area contributed by atoms with Gasteiger partial charge in [0.05, 0.1) is 19.1 Å². The Hall–Kier alpha value is -2.63. The Morgan fingerprint density at radius 3 is 2.69 bits per heavy atom. The predicted molar refractivity (Wildman–Crippen MR) is 121 cm³/mol. The summed E-state index contributed by atoms with van der Waals surface area (Å²) in [7, 11) is 0. The summed E-state index contributed by atoms with van der Waals surface area (Å²) >= 11 is 0. The standard InChI is InChI=1S/C26H33N3O3/c1-2-32-26(31)22-18-13-14-19(15-18)23(22)27-25(30)24-20-11-7-4-8-12-21(20)29(28-24)16-17-9-5-3-6-10-17/h3,5-6,9-10,18-19,22-23H,2,4,7-8,11-16H2,1H3,(H,27,30). The zero-order chi connectivity index (χ0) is 22.1. The van der Waals surface area contributed by atoms with Crippen LogP contribution in [0.5, 0.6) is 0 Å². The van der Waals surface area contributed by atoms with Crippen molar-refractivity contribution in [1.82, 2.24) is 15.1 Å². The molecule has 6 nitrogen and oxygen atoms in total. The van der Waals surface area contributed by atoms with Crippen LogP contribution in [-0.4, -0.2) is 34.3 Å². The van der Waals surface area contributed by atoms with Gasteiger partial charge < -0.3 is 10.1 Å². The normalized spacial score (nSPS) is 26.4. The third-order valence-electron chi connectivity index (χ3n) is 7.67. The monoisotopic (exact) mass is 435 g/mol. The van der Waals surface area contributed by atoms with Crippen molar-refractivity contribution in [1.29, 1.82) is 0 Å². The highest BCUT2D eigenvalue weighted by atomic mass is 16.5. The quantitative estimate of drug-likeness (QED) is 0.552. The molecule has 1 aromatic carbocycles. The van der Waals surface area contributed by atoms with Crippen LogP contribution >= 0.6 is 0 Å². The van der Waals surface area contributed by atoms with Crippen molar-refractivity contribution in [3.63, 3.8) is 0 Å². The van der Waals surface area contributed by atoms with Crippen LogP contribution in [0.2, 0.25) is 0 Å². The molecule has 2 saturated carbocycles. The highest BCUT2D eigenvalue weighted by molar-refractivity contribution is 5.94. The van der Waals surface area contributed by atoms with E-state index in [1.54, 1.807) is 0 Å². The van der Waals surface area contributed by atoms with Gasteiger partial charge in [-0.25, -0.2) is 0 Å². The molecule has 0 spiro atoms. The second-order valence-corrected chi connectivity index (χ2v) is 9.59. The minimum Gasteiger partial charge on any atom is -0.466 e. The van der Waals surface area contributed by atoms with Gasteiger partial charge >= 0.3 is 5.97 Å². The Kier molecular flexibility index (Phi) is 6.03. The molecular weight excluding hydrogens is 402 g/mol. The van der Waals surface area contributed by atoms with Crippen molar-refractivity contribution in [2.45, 2.75) is 70.9 Å². The minimum absolute atomic E-state index is 0.123. The van der Waals surface area contributed by atoms with E-state index in [0.717, 1.165) is 50.5 Å². The van der Waals surface area contributed by atoms with Crippen LogP contribution in [0.3, 0.4) is 0 Å². The summed E-state index contributed by atoms with van der Waals surface area (Å²) in [6, 6.07) is 10.2. The van der Waals surface area contributed by atoms with Gasteiger partial charge in [-0.1, -0.05) is 36.8 Å². The molecule has 3 aliphatic rings. The molecular formula is C26H33N3O3. The van der Waals surface area contributed by atoms with E-state index in [1.807, 2.05) is 29.8 Å². The molecule has 4 atom stereocenters. The van der Waals surface area contributed by atoms with Crippen molar-refractivity contribution in [3.05, 3.63) is 52.8 Å². The Morgan fingerprint density at radius 2 is 1.88 bits per heavy atom. The van der Waals surface area contributed by atoms with Gasteiger partial charge in [0.25, 0.3) is 5.91 Å². The number of esters is 1. The second kappa shape index (κ2) is 9.08. The van der Waals surface area contributed by atoms with Crippen LogP contribution in [0.1, 0.15) is 72.8 Å². The number of hydrogen-bond acceptors (Lipinski definition) is 4. The van der Waals surface area contributed by atoms with Crippen molar-refractivity contribution < 1.29 is 14.3 Å². The predicted octanol–water partition coefficient (Wildman–Crippen LogP) is 3.91. The average molecular weight is 436 g/mol. The third-order valence-corrected chi connectivity index (χ3v) is 7.67. The number of carbonyl (C=O) groups is 2. The van der Waals surface area contributed by atoms with Gasteiger partial charge in [-0.2, -0.15) is 5.10 Å². The molecule has 2 aromatic rings. The number of amides is 1. The largest absolute Gasteiger partial charge is 0.466 e. The Morgan fingerprint density at radius 1 is 1.09 bits per heavy atom. The maximum absolute atomic E-state index is 13.5. The van der Waals surface area contributed by atoms with Crippen LogP contribution in [0.25, 0.3) is 0 Å². The average Bonchev–Trinajstić information content (AvgIpc) is 3.43. The fourth-order valence-electron chi connectivity index (χ4n) is 6.21. The first-order valence-electron chi connectivity index (χ1n) is 12.3. The fourth-order valence-corrected chi connectivity index (χ4v) is 6.21. The lowest BCUT2D eigenvalue weighted by atomic mass is 9.84. The maximum atomic E-state index is 13.5. The highest BCUT2D eigenvalue weighted by Crippen LogP contribution is 2.49. The van der Waals surface area contributed by atoms with Gasteiger partial charge in [-0.3, -0.25) is 14.3 Å². The van der Waals surface area contributed by atoms with E-state index >= 15 is 0 Å². The van der Waals surface area contributed by atoms with E-state index < -0.39 is 0 Å². The van der Waals surface area contributed by atoms with Crippen molar-refractivity contribution in [2.24, 2.45) is 17.8 Å². The molecule has 2 bridgehead atoms. The smallest absolute Gasteiger partial charge is 0.311 e. The van der Waals surface area contributed by atoms with Gasteiger partial charge in [0, 0.05) is 17.3 Å². The number of rotatable bonds is 6. The summed E-state index contributed by atoms with van der Waals surface area (Å²) in [5.41, 5.74) is 4.05. The molecule has 0 radical (unpaired) electrons. The molecule has 32 heavy (non-hydrogen) atoms. The van der Waals surface area contributed by atoms with Crippen molar-refractivity contribution >= 4 is 11.9 Å². The Bertz CT molecular complexity index is 984. The van der Waals surface area contributed by atoms with Gasteiger partial charge in [-0.05, 0) is 69.3 Å². The maximum Gasteiger partial charge on any atom is 0.311 e. The number of nitrogens with zero attached hydrogens (tertiary/aromatic N) is 2. The topological polar surface area (TPSA) is 73.2 Å². The third kappa shape index (κ3) is 3.96. The molecule has 1 N–H and O–H groups in total. The number of carbonyl (C=O) groups excluding carboxylic acids is 2. The van der Waals surface area contributed by atoms with E-state index in [0.29, 0.717) is 30.7 Å². The highest BCUT2D eigenvalue weighted by Gasteiger charge is 2.52. The zero-order valence-corrected chi connectivity index (χ0v) is 18.9. The van der Waals surface area contributed by atoms with E-state index in [9.17, 15) is 9.59 Å². The van der Waals surface area contributed by atoms with Crippen LogP contribution in [0.4, 0.5) is 0 Å². The lowest BCUT2D eigenvalue weighted by molar-refractivity contribution is -0.150. The molecule has 1 heterocycles. The molecule has 1 amide bonds. The van der Waals surface area contributed by atoms with Gasteiger partial charge in [0.1, 0.15) is 0 Å². The summed E-state index contributed by atoms with van der Waals surface area (Å²) in [5, 5.41) is 8.08. The summed E-state index contributed by atoms with van der Waals surface area (Å²) in [6.07, 6.45) is 8.39. The summed E-state index contributed by atoms with van der Waals surface area (Å²) in [6.45, 7) is 2.90. The SMILES string of the molecule is CCOC(=O)C1C2CCC(C2)C1NC(=O)c1nn(Cc2ccccc2)c2c1CCCCC2. The number of fused-ring (bicyclic) bond motifs is 3. The van der Waals surface area contributed by atoms with Gasteiger partial charge in [0.2, 0.25) is 0 Å². The fraction of sp³-hybridized carbons (Fsp3) is 0.577. The first-order chi connectivity index (χ1) is 15.7. The van der Waals surface area contributed by atoms with E-state index in [1.165, 1.54) is 17.7 Å². The van der Waals surface area contributed by atoms with Crippen molar-refractivity contribution in [3.8, 4) is 0 Å². The van der Waals surface area contributed by atoms with E-state index in [2.05, 4.69) is 17.4 Å². The van der Waals surface area contributed by atoms with E-state index in [4.69, 9.17) is 9.84 Å². The molecule has 5 rings (SSSR count). The number of benzene rings is 1. The second-order valence-electron chi connectivity index (χ2n) is 9.59. The first kappa shape index (κ1) is 21.2. The van der Waals surface area contributed by atoms with Crippen LogP contribution < -0.4 is 5.32 Å². The van der Waals surface area contributed by atoms with E-state index in [-0.39, 0.29) is 23.8 Å². The summed E-state index contributed by atoms with van der Waals surface area (Å²) < 4.78 is 7.40. The first-order valence-corrected chi connectivity index (χ1v) is 12.3. The molecule has 0 aliphatic heterocycles. The minimum atomic E-state index is -0.220. The number of ether oxygens (including phenoxy) is 1. The molecule has 1 aromatic heterocycles. The lowest BCUT2D eigenvalue weighted by Crippen LogP contribution is -2.47. The molecule has 170 valence electrons. The lowest BCUT2D eigenvalue weighted by Gasteiger charge is -2.30. The molecule has 6 heteroatoms.